The molecular formula is C26H36N8O4. The van der Waals surface area contributed by atoms with E-state index in [0.717, 1.165) is 25.2 Å². The van der Waals surface area contributed by atoms with Crippen LogP contribution in [0, 0.1) is 18.8 Å². The second kappa shape index (κ2) is 10.1. The molecule has 2 aliphatic heterocycles. The Labute approximate surface area is 221 Å². The van der Waals surface area contributed by atoms with Crippen LogP contribution in [0.1, 0.15) is 18.1 Å². The largest absolute Gasteiger partial charge is 0.394 e. The highest BCUT2D eigenvalue weighted by molar-refractivity contribution is 5.89. The van der Waals surface area contributed by atoms with Gasteiger partial charge in [0.05, 0.1) is 12.3 Å². The number of carbonyl (C=O) groups excluding carboxylic acids is 2. The van der Waals surface area contributed by atoms with Gasteiger partial charge in [-0.3, -0.25) is 19.6 Å². The van der Waals surface area contributed by atoms with Gasteiger partial charge in [0.2, 0.25) is 5.91 Å². The van der Waals surface area contributed by atoms with E-state index >= 15 is 0 Å². The number of anilines is 1. The third-order valence-corrected chi connectivity index (χ3v) is 8.04. The molecule has 0 bridgehead atoms. The first kappa shape index (κ1) is 26.3. The summed E-state index contributed by atoms with van der Waals surface area (Å²) in [5.74, 6) is 1.09. The molecule has 38 heavy (non-hydrogen) atoms. The molecule has 3 aliphatic rings. The van der Waals surface area contributed by atoms with Gasteiger partial charge in [-0.05, 0) is 55.0 Å². The molecule has 12 heteroatoms. The molecule has 1 aliphatic carbocycles. The Morgan fingerprint density at radius 1 is 1.13 bits per heavy atom. The molecule has 0 spiro atoms. The first-order valence-electron chi connectivity index (χ1n) is 13.0. The number of nitrogens with zero attached hydrogens (tertiary/aromatic N) is 5. The number of likely N-dealkylation sites (tertiary alicyclic amines) is 1. The minimum absolute atomic E-state index is 0.156. The van der Waals surface area contributed by atoms with Crippen molar-refractivity contribution in [2.45, 2.75) is 32.0 Å². The smallest absolute Gasteiger partial charge is 0.354 e. The molecule has 2 aromatic rings. The number of aliphatic hydroxyl groups excluding tert-OH is 1. The van der Waals surface area contributed by atoms with Crippen molar-refractivity contribution in [2.24, 2.45) is 23.3 Å². The highest BCUT2D eigenvalue weighted by atomic mass is 16.3. The summed E-state index contributed by atoms with van der Waals surface area (Å²) in [6.45, 7) is 7.24. The van der Waals surface area contributed by atoms with Crippen molar-refractivity contribution in [1.29, 1.82) is 0 Å². The number of piperidine rings is 1. The molecule has 12 nitrogen and oxygen atoms in total. The summed E-state index contributed by atoms with van der Waals surface area (Å²) in [5.41, 5.74) is 13.1. The predicted molar refractivity (Wildman–Crippen MR) is 142 cm³/mol. The number of aliphatic hydroxyl groups is 1. The molecule has 1 aromatic heterocycles. The number of rotatable bonds is 6. The zero-order valence-electron chi connectivity index (χ0n) is 21.8. The zero-order valence-corrected chi connectivity index (χ0v) is 21.8. The van der Waals surface area contributed by atoms with Gasteiger partial charge in [-0.25, -0.2) is 9.59 Å². The van der Waals surface area contributed by atoms with Crippen LogP contribution >= 0.6 is 0 Å². The predicted octanol–water partition coefficient (Wildman–Crippen LogP) is -0.684. The molecule has 0 radical (unpaired) electrons. The number of nitrogens with one attached hydrogen (secondary N) is 1. The third-order valence-electron chi connectivity index (χ3n) is 8.04. The van der Waals surface area contributed by atoms with Crippen molar-refractivity contribution in [2.75, 3.05) is 51.2 Å². The average molecular weight is 525 g/mol. The van der Waals surface area contributed by atoms with E-state index < -0.39 is 23.9 Å². The Bertz CT molecular complexity index is 1270. The maximum absolute atomic E-state index is 12.8. The number of nitrogens with two attached hydrogens (primary N) is 2. The van der Waals surface area contributed by atoms with Gasteiger partial charge in [-0.2, -0.15) is 4.98 Å². The van der Waals surface area contributed by atoms with Gasteiger partial charge < -0.3 is 26.4 Å². The van der Waals surface area contributed by atoms with Crippen molar-refractivity contribution in [3.63, 3.8) is 0 Å². The van der Waals surface area contributed by atoms with Gasteiger partial charge in [0.25, 0.3) is 0 Å². The Kier molecular flexibility index (Phi) is 6.99. The van der Waals surface area contributed by atoms with Crippen LogP contribution in [0.4, 0.5) is 10.6 Å². The van der Waals surface area contributed by atoms with Crippen molar-refractivity contribution < 1.29 is 14.7 Å². The minimum Gasteiger partial charge on any atom is -0.394 e. The number of aromatic nitrogens is 2. The Balaban J connectivity index is 1.17. The van der Waals surface area contributed by atoms with Gasteiger partial charge in [0, 0.05) is 58.1 Å². The number of amides is 3. The Morgan fingerprint density at radius 2 is 1.79 bits per heavy atom. The molecule has 5 rings (SSSR count). The van der Waals surface area contributed by atoms with E-state index in [9.17, 15) is 19.5 Å². The quantitative estimate of drug-likeness (QED) is 0.386. The maximum Gasteiger partial charge on any atom is 0.354 e. The molecule has 6 N–H and O–H groups in total. The second-order valence-electron chi connectivity index (χ2n) is 11.0. The fourth-order valence-corrected chi connectivity index (χ4v) is 5.44. The van der Waals surface area contributed by atoms with Gasteiger partial charge in [0.1, 0.15) is 11.4 Å². The van der Waals surface area contributed by atoms with Gasteiger partial charge in [-0.1, -0.05) is 6.07 Å². The molecule has 3 heterocycles. The van der Waals surface area contributed by atoms with Crippen LogP contribution in [-0.2, 0) is 11.3 Å². The number of piperazine rings is 1. The standard InChI is InChI=1S/C26H36N8O4/c1-16-11-18(4-3-17(16)12-31-13-19-20(14-31)22(19)27)34-6-5-21(30-25(34)38)29-24(37)33-9-7-32(8-10-33)23(36)26(2,28)15-35/h3-6,11,19-20,22,35H,7-10,12-15,27-28H2,1-2H3,(H,29,30,37,38)/t19-,20+,22?,26-/m0/s1. The van der Waals surface area contributed by atoms with Crippen molar-refractivity contribution in [3.8, 4) is 5.69 Å². The van der Waals surface area contributed by atoms with E-state index in [1.807, 2.05) is 19.1 Å². The van der Waals surface area contributed by atoms with E-state index in [1.54, 1.807) is 17.2 Å². The molecule has 1 saturated carbocycles. The number of hydrogen-bond donors (Lipinski definition) is 4. The number of urea groups is 1. The minimum atomic E-state index is -1.35. The highest BCUT2D eigenvalue weighted by Crippen LogP contribution is 2.44. The number of aryl methyl sites for hydroxylation is 1. The van der Waals surface area contributed by atoms with Crippen molar-refractivity contribution in [3.05, 3.63) is 52.1 Å². The van der Waals surface area contributed by atoms with E-state index in [0.29, 0.717) is 49.7 Å². The van der Waals surface area contributed by atoms with Crippen LogP contribution < -0.4 is 22.5 Å². The summed E-state index contributed by atoms with van der Waals surface area (Å²) in [5, 5.41) is 12.0. The third kappa shape index (κ3) is 5.17. The molecule has 3 fully saturated rings. The summed E-state index contributed by atoms with van der Waals surface area (Å²) < 4.78 is 1.45. The van der Waals surface area contributed by atoms with Crippen LogP contribution in [0.5, 0.6) is 0 Å². The topological polar surface area (TPSA) is 163 Å². The lowest BCUT2D eigenvalue weighted by Gasteiger charge is -2.37. The monoisotopic (exact) mass is 524 g/mol. The lowest BCUT2D eigenvalue weighted by molar-refractivity contribution is -0.139. The molecule has 204 valence electrons. The highest BCUT2D eigenvalue weighted by Gasteiger charge is 2.53. The van der Waals surface area contributed by atoms with E-state index in [-0.39, 0.29) is 11.7 Å². The van der Waals surface area contributed by atoms with Crippen molar-refractivity contribution >= 4 is 17.8 Å². The molecule has 3 amide bonds. The fourth-order valence-electron chi connectivity index (χ4n) is 5.44. The van der Waals surface area contributed by atoms with Crippen LogP contribution in [0.15, 0.2) is 35.3 Å². The first-order chi connectivity index (χ1) is 18.1. The Morgan fingerprint density at radius 3 is 2.39 bits per heavy atom. The van der Waals surface area contributed by atoms with E-state index in [1.165, 1.54) is 22.0 Å². The molecule has 4 atom stereocenters. The second-order valence-corrected chi connectivity index (χ2v) is 11.0. The maximum atomic E-state index is 12.8. The normalized spacial score (nSPS) is 24.6. The van der Waals surface area contributed by atoms with Crippen LogP contribution in [0.3, 0.4) is 0 Å². The van der Waals surface area contributed by atoms with Gasteiger partial charge >= 0.3 is 11.7 Å². The van der Waals surface area contributed by atoms with Crippen molar-refractivity contribution in [1.82, 2.24) is 24.3 Å². The number of benzene rings is 1. The van der Waals surface area contributed by atoms with E-state index in [2.05, 4.69) is 21.3 Å². The molecule has 1 unspecified atom stereocenters. The van der Waals surface area contributed by atoms with Crippen LogP contribution in [0.25, 0.3) is 5.69 Å². The summed E-state index contributed by atoms with van der Waals surface area (Å²) >= 11 is 0. The number of carbonyl (C=O) groups is 2. The molecule has 1 aromatic carbocycles. The van der Waals surface area contributed by atoms with Crippen LogP contribution in [0.2, 0.25) is 0 Å². The summed E-state index contributed by atoms with van der Waals surface area (Å²) in [6, 6.07) is 7.50. The molecular weight excluding hydrogens is 488 g/mol. The summed E-state index contributed by atoms with van der Waals surface area (Å²) in [4.78, 5) is 47.5. The van der Waals surface area contributed by atoms with E-state index in [4.69, 9.17) is 11.5 Å². The Hall–Kier alpha value is -3.32. The zero-order chi connectivity index (χ0) is 27.2. The summed E-state index contributed by atoms with van der Waals surface area (Å²) in [6.07, 6.45) is 1.60. The first-order valence-corrected chi connectivity index (χ1v) is 13.0. The lowest BCUT2D eigenvalue weighted by Crippen LogP contribution is -2.60. The summed E-state index contributed by atoms with van der Waals surface area (Å²) in [7, 11) is 0. The number of fused-ring (bicyclic) bond motifs is 1. The molecule has 2 saturated heterocycles. The van der Waals surface area contributed by atoms with Crippen LogP contribution in [-0.4, -0.2) is 98.8 Å². The van der Waals surface area contributed by atoms with Gasteiger partial charge in [-0.15, -0.1) is 0 Å². The van der Waals surface area contributed by atoms with Gasteiger partial charge in [0.15, 0.2) is 0 Å². The number of hydrogen-bond acceptors (Lipinski definition) is 8. The SMILES string of the molecule is Cc1cc(-n2ccc(NC(=O)N3CCN(C(=O)[C@@](C)(N)CO)CC3)nc2=O)ccc1CN1C[C@@H]2C(N)[C@@H]2C1. The fraction of sp³-hybridized carbons (Fsp3) is 0.538. The lowest BCUT2D eigenvalue weighted by atomic mass is 10.0. The average Bonchev–Trinajstić information content (AvgIpc) is 3.29.